The number of amides is 1. The lowest BCUT2D eigenvalue weighted by Crippen LogP contribution is -2.41. The van der Waals surface area contributed by atoms with Crippen molar-refractivity contribution in [2.24, 2.45) is 0 Å². The van der Waals surface area contributed by atoms with Crippen LogP contribution in [0.2, 0.25) is 0 Å². The predicted molar refractivity (Wildman–Crippen MR) is 148 cm³/mol. The zero-order valence-corrected chi connectivity index (χ0v) is 22.2. The Kier molecular flexibility index (Phi) is 6.13. The molecule has 3 heterocycles. The number of thioether (sulfide) groups is 1. The SMILES string of the molecule is Cc1nc(-c2ccc(-c3ccc(C(=O)Nc4ccc5c(c4)C4(CCN(C)CC4)CS5)cc3)c(C)c2)no1. The molecule has 0 radical (unpaired) electrons. The third-order valence-corrected chi connectivity index (χ3v) is 9.09. The highest BCUT2D eigenvalue weighted by Gasteiger charge is 2.41. The second-order valence-corrected chi connectivity index (χ2v) is 11.3. The van der Waals surface area contributed by atoms with Crippen molar-refractivity contribution in [3.63, 3.8) is 0 Å². The van der Waals surface area contributed by atoms with Gasteiger partial charge in [0, 0.05) is 39.8 Å². The Balaban J connectivity index is 1.18. The van der Waals surface area contributed by atoms with Gasteiger partial charge >= 0.3 is 0 Å². The van der Waals surface area contributed by atoms with Gasteiger partial charge in [-0.3, -0.25) is 4.79 Å². The second-order valence-electron chi connectivity index (χ2n) is 10.3. The molecular formula is C30H30N4O2S. The Labute approximate surface area is 221 Å². The van der Waals surface area contributed by atoms with Crippen molar-refractivity contribution < 1.29 is 9.32 Å². The molecule has 1 amide bonds. The largest absolute Gasteiger partial charge is 0.339 e. The van der Waals surface area contributed by atoms with Crippen LogP contribution in [0.4, 0.5) is 5.69 Å². The first-order chi connectivity index (χ1) is 17.9. The molecule has 0 bridgehead atoms. The number of piperidine rings is 1. The summed E-state index contributed by atoms with van der Waals surface area (Å²) in [6.07, 6.45) is 2.36. The Hall–Kier alpha value is -3.42. The number of carbonyl (C=O) groups is 1. The van der Waals surface area contributed by atoms with E-state index >= 15 is 0 Å². The summed E-state index contributed by atoms with van der Waals surface area (Å²) in [6.45, 7) is 6.10. The molecule has 1 saturated heterocycles. The van der Waals surface area contributed by atoms with Gasteiger partial charge < -0.3 is 14.7 Å². The molecule has 1 fully saturated rings. The summed E-state index contributed by atoms with van der Waals surface area (Å²) in [6, 6.07) is 20.3. The van der Waals surface area contributed by atoms with Gasteiger partial charge in [0.1, 0.15) is 0 Å². The van der Waals surface area contributed by atoms with Crippen molar-refractivity contribution in [2.75, 3.05) is 31.2 Å². The summed E-state index contributed by atoms with van der Waals surface area (Å²) >= 11 is 1.96. The Morgan fingerprint density at radius 2 is 1.76 bits per heavy atom. The van der Waals surface area contributed by atoms with Crippen LogP contribution in [0.1, 0.15) is 40.2 Å². The fraction of sp³-hybridized carbons (Fsp3) is 0.300. The fourth-order valence-electron chi connectivity index (χ4n) is 5.45. The average molecular weight is 511 g/mol. The predicted octanol–water partition coefficient (Wildman–Crippen LogP) is 6.34. The van der Waals surface area contributed by atoms with Crippen LogP contribution in [-0.4, -0.2) is 46.8 Å². The van der Waals surface area contributed by atoms with E-state index in [2.05, 4.69) is 58.6 Å². The van der Waals surface area contributed by atoms with Gasteiger partial charge in [-0.25, -0.2) is 0 Å². The molecular weight excluding hydrogens is 480 g/mol. The van der Waals surface area contributed by atoms with E-state index in [1.54, 1.807) is 6.92 Å². The van der Waals surface area contributed by atoms with E-state index in [0.717, 1.165) is 46.8 Å². The van der Waals surface area contributed by atoms with Crippen molar-refractivity contribution in [1.82, 2.24) is 15.0 Å². The number of aromatic nitrogens is 2. The van der Waals surface area contributed by atoms with Gasteiger partial charge in [-0.1, -0.05) is 29.4 Å². The van der Waals surface area contributed by atoms with Crippen LogP contribution >= 0.6 is 11.8 Å². The highest BCUT2D eigenvalue weighted by molar-refractivity contribution is 7.99. The van der Waals surface area contributed by atoms with Crippen LogP contribution in [-0.2, 0) is 5.41 Å². The average Bonchev–Trinajstić information content (AvgIpc) is 3.50. The zero-order chi connectivity index (χ0) is 25.6. The van der Waals surface area contributed by atoms with E-state index in [1.807, 2.05) is 48.2 Å². The number of hydrogen-bond donors (Lipinski definition) is 1. The summed E-state index contributed by atoms with van der Waals surface area (Å²) in [5.41, 5.74) is 7.36. The number of nitrogens with one attached hydrogen (secondary N) is 1. The van der Waals surface area contributed by atoms with Crippen LogP contribution in [0, 0.1) is 13.8 Å². The molecule has 1 aromatic heterocycles. The summed E-state index contributed by atoms with van der Waals surface area (Å²) < 4.78 is 5.10. The van der Waals surface area contributed by atoms with Gasteiger partial charge in [-0.2, -0.15) is 4.98 Å². The lowest BCUT2D eigenvalue weighted by molar-refractivity contribution is 0.102. The fourth-order valence-corrected chi connectivity index (χ4v) is 6.92. The first-order valence-electron chi connectivity index (χ1n) is 12.7. The van der Waals surface area contributed by atoms with E-state index in [1.165, 1.54) is 23.3 Å². The van der Waals surface area contributed by atoms with Crippen molar-refractivity contribution in [1.29, 1.82) is 0 Å². The topological polar surface area (TPSA) is 71.3 Å². The van der Waals surface area contributed by atoms with Crippen molar-refractivity contribution in [3.8, 4) is 22.5 Å². The highest BCUT2D eigenvalue weighted by atomic mass is 32.2. The van der Waals surface area contributed by atoms with Gasteiger partial charge in [0.2, 0.25) is 11.7 Å². The van der Waals surface area contributed by atoms with Gasteiger partial charge in [-0.15, -0.1) is 11.8 Å². The van der Waals surface area contributed by atoms with Gasteiger partial charge in [-0.05, 0) is 98.6 Å². The van der Waals surface area contributed by atoms with Crippen LogP contribution in [0.5, 0.6) is 0 Å². The molecule has 6 nitrogen and oxygen atoms in total. The summed E-state index contributed by atoms with van der Waals surface area (Å²) in [4.78, 5) is 21.2. The molecule has 1 N–H and O–H groups in total. The first kappa shape index (κ1) is 23.9. The number of nitrogens with zero attached hydrogens (tertiary/aromatic N) is 3. The standard InChI is InChI=1S/C30H30N4O2S/c1-19-16-23(28-31-20(2)36-33-28)8-10-25(19)21-4-6-22(7-5-21)29(35)32-24-9-11-27-26(17-24)30(18-37-27)12-14-34(3)15-13-30/h4-11,16-17H,12-15,18H2,1-3H3,(H,32,35). The molecule has 0 saturated carbocycles. The maximum absolute atomic E-state index is 13.1. The third kappa shape index (κ3) is 4.58. The summed E-state index contributed by atoms with van der Waals surface area (Å²) in [5.74, 6) is 2.19. The van der Waals surface area contributed by atoms with Crippen molar-refractivity contribution >= 4 is 23.4 Å². The Morgan fingerprint density at radius 1 is 1.00 bits per heavy atom. The van der Waals surface area contributed by atoms with E-state index < -0.39 is 0 Å². The van der Waals surface area contributed by atoms with Gasteiger partial charge in [0.05, 0.1) is 0 Å². The van der Waals surface area contributed by atoms with Crippen LogP contribution in [0.15, 0.2) is 70.1 Å². The zero-order valence-electron chi connectivity index (χ0n) is 21.4. The van der Waals surface area contributed by atoms with Crippen molar-refractivity contribution in [2.45, 2.75) is 37.0 Å². The lowest BCUT2D eigenvalue weighted by atomic mass is 9.74. The number of hydrogen-bond acceptors (Lipinski definition) is 6. The maximum Gasteiger partial charge on any atom is 0.255 e. The molecule has 0 atom stereocenters. The quantitative estimate of drug-likeness (QED) is 0.345. The number of carbonyl (C=O) groups excluding carboxylic acids is 1. The molecule has 1 spiro atoms. The summed E-state index contributed by atoms with van der Waals surface area (Å²) in [5, 5.41) is 7.14. The molecule has 6 rings (SSSR count). The van der Waals surface area contributed by atoms with Crippen LogP contribution in [0.3, 0.4) is 0 Å². The number of benzene rings is 3. The highest BCUT2D eigenvalue weighted by Crippen LogP contribution is 2.50. The smallest absolute Gasteiger partial charge is 0.255 e. The molecule has 7 heteroatoms. The van der Waals surface area contributed by atoms with Gasteiger partial charge in [0.25, 0.3) is 5.91 Å². The minimum atomic E-state index is -0.0888. The van der Waals surface area contributed by atoms with E-state index in [9.17, 15) is 4.79 Å². The maximum atomic E-state index is 13.1. The number of rotatable bonds is 4. The number of anilines is 1. The van der Waals surface area contributed by atoms with Crippen LogP contribution in [0.25, 0.3) is 22.5 Å². The van der Waals surface area contributed by atoms with E-state index in [-0.39, 0.29) is 11.3 Å². The molecule has 0 unspecified atom stereocenters. The minimum Gasteiger partial charge on any atom is -0.339 e. The second kappa shape index (κ2) is 9.47. The van der Waals surface area contributed by atoms with E-state index in [0.29, 0.717) is 17.3 Å². The Morgan fingerprint density at radius 3 is 2.46 bits per heavy atom. The molecule has 2 aliphatic rings. The molecule has 188 valence electrons. The van der Waals surface area contributed by atoms with Gasteiger partial charge in [0.15, 0.2) is 0 Å². The third-order valence-electron chi connectivity index (χ3n) is 7.73. The molecule has 2 aliphatic heterocycles. The number of aryl methyl sites for hydroxylation is 2. The molecule has 4 aromatic rings. The minimum absolute atomic E-state index is 0.0888. The monoisotopic (exact) mass is 510 g/mol. The van der Waals surface area contributed by atoms with Crippen molar-refractivity contribution in [3.05, 3.63) is 83.2 Å². The molecule has 3 aromatic carbocycles. The molecule has 37 heavy (non-hydrogen) atoms. The normalized spacial score (nSPS) is 16.6. The molecule has 0 aliphatic carbocycles. The number of fused-ring (bicyclic) bond motifs is 2. The first-order valence-corrected chi connectivity index (χ1v) is 13.7. The van der Waals surface area contributed by atoms with Crippen LogP contribution < -0.4 is 5.32 Å². The lowest BCUT2D eigenvalue weighted by Gasteiger charge is -2.38. The summed E-state index contributed by atoms with van der Waals surface area (Å²) in [7, 11) is 2.20. The Bertz CT molecular complexity index is 1470. The van der Waals surface area contributed by atoms with E-state index in [4.69, 9.17) is 4.52 Å². The number of likely N-dealkylation sites (tertiary alicyclic amines) is 1.